The van der Waals surface area contributed by atoms with Crippen molar-refractivity contribution in [2.45, 2.75) is 6.92 Å². The van der Waals surface area contributed by atoms with Crippen molar-refractivity contribution in [1.29, 1.82) is 0 Å². The molecule has 0 bridgehead atoms. The molecule has 0 unspecified atom stereocenters. The lowest BCUT2D eigenvalue weighted by Gasteiger charge is -2.05. The minimum absolute atomic E-state index is 0.137. The highest BCUT2D eigenvalue weighted by Gasteiger charge is 2.04. The average Bonchev–Trinajstić information content (AvgIpc) is 2.26. The number of rotatable bonds is 3. The zero-order chi connectivity index (χ0) is 12.0. The van der Waals surface area contributed by atoms with E-state index in [1.54, 1.807) is 0 Å². The highest BCUT2D eigenvalue weighted by molar-refractivity contribution is 8.14. The molecule has 86 valence electrons. The molecule has 0 radical (unpaired) electrons. The number of nitrogens with two attached hydrogens (primary N) is 2. The van der Waals surface area contributed by atoms with Crippen LogP contribution in [0.4, 0.5) is 5.69 Å². The van der Waals surface area contributed by atoms with Crippen LogP contribution in [0, 0.1) is 6.92 Å². The molecule has 0 atom stereocenters. The average molecular weight is 238 g/mol. The van der Waals surface area contributed by atoms with Crippen LogP contribution in [-0.2, 0) is 4.79 Å². The molecule has 0 heterocycles. The third-order valence-electron chi connectivity index (χ3n) is 1.78. The second-order valence-electron chi connectivity index (χ2n) is 3.17. The Morgan fingerprint density at radius 1 is 1.56 bits per heavy atom. The molecule has 0 aliphatic rings. The number of carbonyl (C=O) groups is 1. The van der Waals surface area contributed by atoms with Gasteiger partial charge in [-0.15, -0.1) is 0 Å². The molecular weight excluding hydrogens is 224 g/mol. The Kier molecular flexibility index (Phi) is 4.65. The lowest BCUT2D eigenvalue weighted by Crippen LogP contribution is -2.18. The first kappa shape index (κ1) is 12.4. The fourth-order valence-electron chi connectivity index (χ4n) is 1.10. The van der Waals surface area contributed by atoms with Crippen LogP contribution in [0.2, 0.25) is 0 Å². The van der Waals surface area contributed by atoms with Crippen LogP contribution < -0.4 is 16.9 Å². The van der Waals surface area contributed by atoms with E-state index in [1.807, 2.05) is 31.2 Å². The molecule has 16 heavy (non-hydrogen) atoms. The van der Waals surface area contributed by atoms with E-state index in [9.17, 15) is 4.79 Å². The van der Waals surface area contributed by atoms with Gasteiger partial charge in [-0.25, -0.2) is 0 Å². The van der Waals surface area contributed by atoms with E-state index in [4.69, 9.17) is 11.6 Å². The van der Waals surface area contributed by atoms with Crippen molar-refractivity contribution < 1.29 is 4.79 Å². The zero-order valence-corrected chi connectivity index (χ0v) is 9.75. The number of aryl methyl sites for hydroxylation is 1. The topological polar surface area (TPSA) is 93.5 Å². The summed E-state index contributed by atoms with van der Waals surface area (Å²) >= 11 is 1.10. The summed E-state index contributed by atoms with van der Waals surface area (Å²) in [6.45, 7) is 1.96. The fourth-order valence-corrected chi connectivity index (χ4v) is 1.52. The maximum absolute atomic E-state index is 11.5. The first-order valence-corrected chi connectivity index (χ1v) is 5.63. The third-order valence-corrected chi connectivity index (χ3v) is 2.59. The Bertz CT molecular complexity index is 406. The number of nitrogens with one attached hydrogen (secondary N) is 1. The normalized spacial score (nSPS) is 11.2. The van der Waals surface area contributed by atoms with Gasteiger partial charge < -0.3 is 16.9 Å². The van der Waals surface area contributed by atoms with Gasteiger partial charge >= 0.3 is 0 Å². The van der Waals surface area contributed by atoms with Gasteiger partial charge in [0, 0.05) is 5.69 Å². The lowest BCUT2D eigenvalue weighted by molar-refractivity contribution is -0.113. The molecular formula is C10H14N4OS. The van der Waals surface area contributed by atoms with Gasteiger partial charge in [0.2, 0.25) is 5.91 Å². The van der Waals surface area contributed by atoms with Gasteiger partial charge in [-0.05, 0) is 24.6 Å². The molecule has 5 nitrogen and oxygen atoms in total. The second-order valence-corrected chi connectivity index (χ2v) is 4.17. The van der Waals surface area contributed by atoms with Crippen molar-refractivity contribution in [3.63, 3.8) is 0 Å². The Morgan fingerprint density at radius 3 is 2.94 bits per heavy atom. The van der Waals surface area contributed by atoms with Crippen LogP contribution >= 0.6 is 11.8 Å². The Morgan fingerprint density at radius 2 is 2.31 bits per heavy atom. The molecule has 1 aromatic carbocycles. The summed E-state index contributed by atoms with van der Waals surface area (Å²) in [6.07, 6.45) is 0. The molecule has 0 fully saturated rings. The van der Waals surface area contributed by atoms with Gasteiger partial charge in [0.1, 0.15) is 0 Å². The highest BCUT2D eigenvalue weighted by Crippen LogP contribution is 2.10. The monoisotopic (exact) mass is 238 g/mol. The second kappa shape index (κ2) is 6.02. The molecule has 0 saturated heterocycles. The summed E-state index contributed by atoms with van der Waals surface area (Å²) in [5.41, 5.74) is 7.21. The van der Waals surface area contributed by atoms with Crippen LogP contribution in [0.15, 0.2) is 29.4 Å². The number of hydrogen-bond acceptors (Lipinski definition) is 4. The Labute approximate surface area is 98.3 Å². The largest absolute Gasteiger partial charge is 0.377 e. The van der Waals surface area contributed by atoms with Crippen molar-refractivity contribution >= 4 is 28.5 Å². The Balaban J connectivity index is 2.46. The molecule has 0 spiro atoms. The van der Waals surface area contributed by atoms with E-state index in [2.05, 4.69) is 10.4 Å². The van der Waals surface area contributed by atoms with Crippen molar-refractivity contribution in [1.82, 2.24) is 0 Å². The number of anilines is 1. The summed E-state index contributed by atoms with van der Waals surface area (Å²) in [5, 5.41) is 6.20. The van der Waals surface area contributed by atoms with Crippen molar-refractivity contribution in [2.24, 2.45) is 16.7 Å². The van der Waals surface area contributed by atoms with Gasteiger partial charge in [-0.2, -0.15) is 5.10 Å². The molecule has 0 aliphatic heterocycles. The van der Waals surface area contributed by atoms with E-state index < -0.39 is 0 Å². The van der Waals surface area contributed by atoms with Crippen LogP contribution in [-0.4, -0.2) is 16.8 Å². The molecule has 0 aromatic heterocycles. The first-order chi connectivity index (χ1) is 7.61. The number of benzene rings is 1. The lowest BCUT2D eigenvalue weighted by atomic mass is 10.2. The molecule has 6 heteroatoms. The standard InChI is InChI=1S/C10H14N4OS/c1-7-3-2-4-8(5-7)13-9(15)6-16-10(11)14-12/h2-5H,6,12H2,1H3,(H2,11,14)(H,13,15). The summed E-state index contributed by atoms with van der Waals surface area (Å²) in [5.74, 6) is 5.00. The van der Waals surface area contributed by atoms with Gasteiger partial charge in [-0.1, -0.05) is 23.9 Å². The predicted octanol–water partition coefficient (Wildman–Crippen LogP) is 0.855. The van der Waals surface area contributed by atoms with Gasteiger partial charge in [0.25, 0.3) is 0 Å². The molecule has 5 N–H and O–H groups in total. The minimum Gasteiger partial charge on any atom is -0.377 e. The van der Waals surface area contributed by atoms with Crippen molar-refractivity contribution in [2.75, 3.05) is 11.1 Å². The van der Waals surface area contributed by atoms with Crippen molar-refractivity contribution in [3.8, 4) is 0 Å². The van der Waals surface area contributed by atoms with E-state index in [0.29, 0.717) is 0 Å². The highest BCUT2D eigenvalue weighted by atomic mass is 32.2. The summed E-state index contributed by atoms with van der Waals surface area (Å²) in [6, 6.07) is 7.57. The number of hydrazone groups is 1. The van der Waals surface area contributed by atoms with Gasteiger partial charge in [0.05, 0.1) is 5.75 Å². The quantitative estimate of drug-likeness (QED) is 0.315. The summed E-state index contributed by atoms with van der Waals surface area (Å²) < 4.78 is 0. The number of thioether (sulfide) groups is 1. The van der Waals surface area contributed by atoms with Crippen LogP contribution in [0.1, 0.15) is 5.56 Å². The predicted molar refractivity (Wildman–Crippen MR) is 68.1 cm³/mol. The molecule has 1 rings (SSSR count). The maximum atomic E-state index is 11.5. The number of carbonyl (C=O) groups excluding carboxylic acids is 1. The van der Waals surface area contributed by atoms with Crippen LogP contribution in [0.25, 0.3) is 0 Å². The summed E-state index contributed by atoms with van der Waals surface area (Å²) in [7, 11) is 0. The van der Waals surface area contributed by atoms with Crippen LogP contribution in [0.5, 0.6) is 0 Å². The van der Waals surface area contributed by atoms with E-state index in [0.717, 1.165) is 23.0 Å². The number of hydrogen-bond donors (Lipinski definition) is 3. The molecule has 0 aliphatic carbocycles. The van der Waals surface area contributed by atoms with Gasteiger partial charge in [0.15, 0.2) is 5.17 Å². The van der Waals surface area contributed by atoms with Crippen molar-refractivity contribution in [3.05, 3.63) is 29.8 Å². The number of amides is 1. The van der Waals surface area contributed by atoms with E-state index in [-0.39, 0.29) is 16.8 Å². The van der Waals surface area contributed by atoms with E-state index in [1.165, 1.54) is 0 Å². The van der Waals surface area contributed by atoms with E-state index >= 15 is 0 Å². The molecule has 1 amide bonds. The first-order valence-electron chi connectivity index (χ1n) is 4.64. The number of nitrogens with zero attached hydrogens (tertiary/aromatic N) is 1. The number of amidine groups is 1. The minimum atomic E-state index is -0.137. The Hall–Kier alpha value is -1.69. The summed E-state index contributed by atoms with van der Waals surface area (Å²) in [4.78, 5) is 11.5. The van der Waals surface area contributed by atoms with Crippen LogP contribution in [0.3, 0.4) is 0 Å². The van der Waals surface area contributed by atoms with Gasteiger partial charge in [-0.3, -0.25) is 4.79 Å². The third kappa shape index (κ3) is 4.22. The molecule has 0 saturated carbocycles. The SMILES string of the molecule is Cc1cccc(NC(=O)CSC(N)=NN)c1. The smallest absolute Gasteiger partial charge is 0.234 e. The fraction of sp³-hybridized carbons (Fsp3) is 0.200. The molecule has 1 aromatic rings. The maximum Gasteiger partial charge on any atom is 0.234 e. The zero-order valence-electron chi connectivity index (χ0n) is 8.93.